The second kappa shape index (κ2) is 5.25. The largest absolute Gasteiger partial charge is 0.382 e. The van der Waals surface area contributed by atoms with E-state index >= 15 is 0 Å². The van der Waals surface area contributed by atoms with E-state index < -0.39 is 0 Å². The monoisotopic (exact) mass is 220 g/mol. The van der Waals surface area contributed by atoms with Crippen molar-refractivity contribution in [3.8, 4) is 0 Å². The Hall–Kier alpha value is -1.16. The van der Waals surface area contributed by atoms with Crippen LogP contribution in [0.5, 0.6) is 0 Å². The van der Waals surface area contributed by atoms with E-state index in [2.05, 4.69) is 21.8 Å². The molecule has 0 bridgehead atoms. The molecule has 1 saturated heterocycles. The molecule has 4 nitrogen and oxygen atoms in total. The summed E-state index contributed by atoms with van der Waals surface area (Å²) in [6.45, 7) is 5.56. The molecule has 0 saturated carbocycles. The highest BCUT2D eigenvalue weighted by molar-refractivity contribution is 5.22. The molecule has 1 aromatic heterocycles. The number of aromatic nitrogens is 2. The van der Waals surface area contributed by atoms with Gasteiger partial charge in [-0.1, -0.05) is 13.3 Å². The number of nitrogen functional groups attached to an aromatic ring is 1. The average molecular weight is 220 g/mol. The number of nitrogens with zero attached hydrogens (tertiary/aromatic N) is 3. The van der Waals surface area contributed by atoms with Crippen molar-refractivity contribution in [1.82, 2.24) is 14.9 Å². The maximum Gasteiger partial charge on any atom is 0.141 e. The first kappa shape index (κ1) is 11.3. The van der Waals surface area contributed by atoms with Crippen LogP contribution in [-0.4, -0.2) is 28.0 Å². The molecule has 1 aliphatic rings. The van der Waals surface area contributed by atoms with Crippen LogP contribution in [0.25, 0.3) is 0 Å². The van der Waals surface area contributed by atoms with Crippen molar-refractivity contribution in [2.24, 2.45) is 5.92 Å². The van der Waals surface area contributed by atoms with Crippen LogP contribution in [0.3, 0.4) is 0 Å². The molecule has 0 atom stereocenters. The summed E-state index contributed by atoms with van der Waals surface area (Å²) in [7, 11) is 0. The molecule has 0 aliphatic carbocycles. The van der Waals surface area contributed by atoms with Crippen molar-refractivity contribution in [2.45, 2.75) is 32.7 Å². The van der Waals surface area contributed by atoms with E-state index in [0.717, 1.165) is 18.2 Å². The van der Waals surface area contributed by atoms with Crippen LogP contribution in [0.2, 0.25) is 0 Å². The zero-order chi connectivity index (χ0) is 11.4. The number of rotatable bonds is 3. The number of anilines is 1. The lowest BCUT2D eigenvalue weighted by atomic mass is 9.94. The molecule has 0 amide bonds. The smallest absolute Gasteiger partial charge is 0.141 e. The maximum absolute atomic E-state index is 5.51. The Morgan fingerprint density at radius 2 is 2.06 bits per heavy atom. The summed E-state index contributed by atoms with van der Waals surface area (Å²) in [6.07, 6.45) is 7.36. The first-order valence-corrected chi connectivity index (χ1v) is 6.06. The number of piperidine rings is 1. The van der Waals surface area contributed by atoms with Crippen LogP contribution in [-0.2, 0) is 6.54 Å². The van der Waals surface area contributed by atoms with Crippen molar-refractivity contribution in [1.29, 1.82) is 0 Å². The highest BCUT2D eigenvalue weighted by atomic mass is 15.1. The molecule has 4 heteroatoms. The Morgan fingerprint density at radius 3 is 2.62 bits per heavy atom. The second-order valence-corrected chi connectivity index (χ2v) is 4.56. The summed E-state index contributed by atoms with van der Waals surface area (Å²) >= 11 is 0. The molecule has 2 N–H and O–H groups in total. The molecule has 0 spiro atoms. The number of hydrogen-bond acceptors (Lipinski definition) is 4. The average Bonchev–Trinajstić information content (AvgIpc) is 2.33. The van der Waals surface area contributed by atoms with E-state index in [-0.39, 0.29) is 0 Å². The third-order valence-electron chi connectivity index (χ3n) is 3.40. The highest BCUT2D eigenvalue weighted by Crippen LogP contribution is 2.20. The van der Waals surface area contributed by atoms with Gasteiger partial charge in [0.2, 0.25) is 0 Å². The standard InChI is InChI=1S/C12H20N4/c1-2-10-3-5-16(6-4-10)9-11-7-15-12(13)8-14-11/h7-8,10H,2-6,9H2,1H3,(H2,13,15). The normalized spacial score (nSPS) is 18.8. The van der Waals surface area contributed by atoms with Gasteiger partial charge in [0, 0.05) is 6.54 Å². The molecule has 2 rings (SSSR count). The predicted octanol–water partition coefficient (Wildman–Crippen LogP) is 1.68. The lowest BCUT2D eigenvalue weighted by Crippen LogP contribution is -2.33. The van der Waals surface area contributed by atoms with Crippen LogP contribution in [0, 0.1) is 5.92 Å². The van der Waals surface area contributed by atoms with Crippen molar-refractivity contribution in [3.05, 3.63) is 18.1 Å². The van der Waals surface area contributed by atoms with Crippen molar-refractivity contribution in [2.75, 3.05) is 18.8 Å². The fourth-order valence-electron chi connectivity index (χ4n) is 2.23. The van der Waals surface area contributed by atoms with Gasteiger partial charge in [0.25, 0.3) is 0 Å². The van der Waals surface area contributed by atoms with E-state index in [1.54, 1.807) is 12.4 Å². The van der Waals surface area contributed by atoms with Gasteiger partial charge in [0.05, 0.1) is 18.1 Å². The molecular formula is C12H20N4. The summed E-state index contributed by atoms with van der Waals surface area (Å²) in [5.41, 5.74) is 6.53. The molecule has 1 aromatic rings. The Morgan fingerprint density at radius 1 is 1.31 bits per heavy atom. The summed E-state index contributed by atoms with van der Waals surface area (Å²) in [6, 6.07) is 0. The summed E-state index contributed by atoms with van der Waals surface area (Å²) in [4.78, 5) is 10.8. The van der Waals surface area contributed by atoms with Crippen LogP contribution >= 0.6 is 0 Å². The highest BCUT2D eigenvalue weighted by Gasteiger charge is 2.17. The molecule has 1 aliphatic heterocycles. The zero-order valence-corrected chi connectivity index (χ0v) is 9.89. The van der Waals surface area contributed by atoms with Gasteiger partial charge in [0.15, 0.2) is 0 Å². The molecule has 0 unspecified atom stereocenters. The van der Waals surface area contributed by atoms with Gasteiger partial charge in [-0.05, 0) is 31.8 Å². The van der Waals surface area contributed by atoms with E-state index in [1.807, 2.05) is 0 Å². The van der Waals surface area contributed by atoms with Crippen LogP contribution in [0.4, 0.5) is 5.82 Å². The Kier molecular flexibility index (Phi) is 3.72. The van der Waals surface area contributed by atoms with Crippen molar-refractivity contribution < 1.29 is 0 Å². The Balaban J connectivity index is 1.84. The molecule has 1 fully saturated rings. The Labute approximate surface area is 96.9 Å². The van der Waals surface area contributed by atoms with Crippen LogP contribution in [0.15, 0.2) is 12.4 Å². The quantitative estimate of drug-likeness (QED) is 0.842. The lowest BCUT2D eigenvalue weighted by molar-refractivity contribution is 0.173. The minimum atomic E-state index is 0.494. The second-order valence-electron chi connectivity index (χ2n) is 4.56. The zero-order valence-electron chi connectivity index (χ0n) is 9.89. The molecule has 0 radical (unpaired) electrons. The SMILES string of the molecule is CCC1CCN(Cc2cnc(N)cn2)CC1. The fraction of sp³-hybridized carbons (Fsp3) is 0.667. The molecule has 2 heterocycles. The predicted molar refractivity (Wildman–Crippen MR) is 64.7 cm³/mol. The third kappa shape index (κ3) is 2.92. The van der Waals surface area contributed by atoms with E-state index in [1.165, 1.54) is 32.4 Å². The van der Waals surface area contributed by atoms with E-state index in [9.17, 15) is 0 Å². The van der Waals surface area contributed by atoms with Gasteiger partial charge < -0.3 is 5.73 Å². The third-order valence-corrected chi connectivity index (χ3v) is 3.40. The number of hydrogen-bond donors (Lipinski definition) is 1. The lowest BCUT2D eigenvalue weighted by Gasteiger charge is -2.31. The minimum absolute atomic E-state index is 0.494. The Bertz CT molecular complexity index is 314. The summed E-state index contributed by atoms with van der Waals surface area (Å²) in [5.74, 6) is 1.42. The van der Waals surface area contributed by atoms with Gasteiger partial charge in [-0.25, -0.2) is 4.98 Å². The first-order chi connectivity index (χ1) is 7.78. The van der Waals surface area contributed by atoms with E-state index in [0.29, 0.717) is 5.82 Å². The minimum Gasteiger partial charge on any atom is -0.382 e. The molecule has 0 aromatic carbocycles. The van der Waals surface area contributed by atoms with Gasteiger partial charge >= 0.3 is 0 Å². The van der Waals surface area contributed by atoms with Crippen LogP contribution in [0.1, 0.15) is 31.9 Å². The van der Waals surface area contributed by atoms with Gasteiger partial charge in [0.1, 0.15) is 5.82 Å². The maximum atomic E-state index is 5.51. The van der Waals surface area contributed by atoms with Crippen molar-refractivity contribution >= 4 is 5.82 Å². The molecular weight excluding hydrogens is 200 g/mol. The van der Waals surface area contributed by atoms with Gasteiger partial charge in [-0.3, -0.25) is 9.88 Å². The number of likely N-dealkylation sites (tertiary alicyclic amines) is 1. The van der Waals surface area contributed by atoms with Gasteiger partial charge in [-0.2, -0.15) is 0 Å². The fourth-order valence-corrected chi connectivity index (χ4v) is 2.23. The molecule has 16 heavy (non-hydrogen) atoms. The molecule has 88 valence electrons. The summed E-state index contributed by atoms with van der Waals surface area (Å²) < 4.78 is 0. The number of nitrogens with two attached hydrogens (primary N) is 1. The first-order valence-electron chi connectivity index (χ1n) is 6.06. The topological polar surface area (TPSA) is 55.0 Å². The van der Waals surface area contributed by atoms with Crippen molar-refractivity contribution in [3.63, 3.8) is 0 Å². The summed E-state index contributed by atoms with van der Waals surface area (Å²) in [5, 5.41) is 0. The van der Waals surface area contributed by atoms with E-state index in [4.69, 9.17) is 5.73 Å². The van der Waals surface area contributed by atoms with Crippen LogP contribution < -0.4 is 5.73 Å². The van der Waals surface area contributed by atoms with Gasteiger partial charge in [-0.15, -0.1) is 0 Å².